The van der Waals surface area contributed by atoms with E-state index in [0.717, 1.165) is 11.3 Å². The van der Waals surface area contributed by atoms with Crippen LogP contribution in [0.4, 0.5) is 5.69 Å². The van der Waals surface area contributed by atoms with Crippen molar-refractivity contribution in [1.82, 2.24) is 0 Å². The SMILES string of the molecule is CC(=Nc1ccccc1C)c1c(O)cc(C)oc1=O. The van der Waals surface area contributed by atoms with E-state index in [2.05, 4.69) is 4.99 Å². The van der Waals surface area contributed by atoms with Gasteiger partial charge in [0, 0.05) is 6.07 Å². The molecule has 4 heteroatoms. The Balaban J connectivity index is 2.54. The van der Waals surface area contributed by atoms with E-state index in [-0.39, 0.29) is 11.3 Å². The summed E-state index contributed by atoms with van der Waals surface area (Å²) in [4.78, 5) is 16.1. The van der Waals surface area contributed by atoms with Gasteiger partial charge in [-0.15, -0.1) is 0 Å². The number of hydrogen-bond donors (Lipinski definition) is 1. The van der Waals surface area contributed by atoms with Gasteiger partial charge in [-0.05, 0) is 32.4 Å². The molecule has 0 aliphatic heterocycles. The Kier molecular flexibility index (Phi) is 3.51. The van der Waals surface area contributed by atoms with Crippen LogP contribution < -0.4 is 5.63 Å². The normalized spacial score (nSPS) is 11.6. The number of benzene rings is 1. The molecule has 98 valence electrons. The molecule has 2 aromatic rings. The fourth-order valence-corrected chi connectivity index (χ4v) is 1.85. The van der Waals surface area contributed by atoms with Gasteiger partial charge in [0.05, 0.1) is 11.4 Å². The third kappa shape index (κ3) is 2.73. The van der Waals surface area contributed by atoms with Crippen molar-refractivity contribution in [2.45, 2.75) is 20.8 Å². The number of hydrogen-bond acceptors (Lipinski definition) is 4. The van der Waals surface area contributed by atoms with Gasteiger partial charge in [0.1, 0.15) is 17.1 Å². The molecule has 0 fully saturated rings. The summed E-state index contributed by atoms with van der Waals surface area (Å²) in [6.07, 6.45) is 0. The van der Waals surface area contributed by atoms with E-state index < -0.39 is 5.63 Å². The fourth-order valence-electron chi connectivity index (χ4n) is 1.85. The molecular weight excluding hydrogens is 242 g/mol. The second-order valence-corrected chi connectivity index (χ2v) is 4.39. The van der Waals surface area contributed by atoms with Crippen LogP contribution in [-0.2, 0) is 0 Å². The highest BCUT2D eigenvalue weighted by Gasteiger charge is 2.13. The molecule has 1 aromatic carbocycles. The number of rotatable bonds is 2. The van der Waals surface area contributed by atoms with Crippen LogP contribution in [0.2, 0.25) is 0 Å². The van der Waals surface area contributed by atoms with Gasteiger partial charge in [0.2, 0.25) is 0 Å². The molecule has 2 rings (SSSR count). The topological polar surface area (TPSA) is 62.8 Å². The summed E-state index contributed by atoms with van der Waals surface area (Å²) in [5.74, 6) is 0.263. The van der Waals surface area contributed by atoms with Crippen molar-refractivity contribution >= 4 is 11.4 Å². The number of aliphatic imine (C=N–C) groups is 1. The van der Waals surface area contributed by atoms with E-state index in [1.54, 1.807) is 13.8 Å². The van der Waals surface area contributed by atoms with Crippen LogP contribution in [0.1, 0.15) is 23.8 Å². The van der Waals surface area contributed by atoms with Crippen molar-refractivity contribution in [3.8, 4) is 5.75 Å². The van der Waals surface area contributed by atoms with Crippen molar-refractivity contribution in [3.05, 3.63) is 57.6 Å². The second kappa shape index (κ2) is 5.10. The molecule has 0 atom stereocenters. The quantitative estimate of drug-likeness (QED) is 0.841. The van der Waals surface area contributed by atoms with Crippen LogP contribution >= 0.6 is 0 Å². The summed E-state index contributed by atoms with van der Waals surface area (Å²) in [7, 11) is 0. The Morgan fingerprint density at radius 2 is 1.95 bits per heavy atom. The van der Waals surface area contributed by atoms with Crippen LogP contribution in [0, 0.1) is 13.8 Å². The Morgan fingerprint density at radius 1 is 1.26 bits per heavy atom. The van der Waals surface area contributed by atoms with Crippen LogP contribution in [0.3, 0.4) is 0 Å². The van der Waals surface area contributed by atoms with Gasteiger partial charge in [-0.1, -0.05) is 18.2 Å². The second-order valence-electron chi connectivity index (χ2n) is 4.39. The van der Waals surface area contributed by atoms with Crippen molar-refractivity contribution in [2.24, 2.45) is 4.99 Å². The van der Waals surface area contributed by atoms with Crippen molar-refractivity contribution in [1.29, 1.82) is 0 Å². The number of para-hydroxylation sites is 1. The van der Waals surface area contributed by atoms with E-state index in [0.29, 0.717) is 11.5 Å². The van der Waals surface area contributed by atoms with E-state index in [1.165, 1.54) is 6.07 Å². The monoisotopic (exact) mass is 257 g/mol. The average molecular weight is 257 g/mol. The first-order valence-electron chi connectivity index (χ1n) is 5.94. The van der Waals surface area contributed by atoms with Crippen LogP contribution in [0.25, 0.3) is 0 Å². The largest absolute Gasteiger partial charge is 0.507 e. The van der Waals surface area contributed by atoms with Crippen LogP contribution in [-0.4, -0.2) is 10.8 Å². The standard InChI is InChI=1S/C15H15NO3/c1-9-6-4-5-7-12(9)16-11(3)14-13(17)8-10(2)19-15(14)18/h4-8,17H,1-3H3. The van der Waals surface area contributed by atoms with Gasteiger partial charge in [-0.25, -0.2) is 4.79 Å². The summed E-state index contributed by atoms with van der Waals surface area (Å²) >= 11 is 0. The molecule has 0 unspecified atom stereocenters. The summed E-state index contributed by atoms with van der Waals surface area (Å²) in [6, 6.07) is 8.99. The van der Waals surface area contributed by atoms with E-state index in [9.17, 15) is 9.90 Å². The Labute approximate surface area is 111 Å². The minimum absolute atomic E-state index is 0.105. The van der Waals surface area contributed by atoms with Crippen LogP contribution in [0.15, 0.2) is 44.5 Å². The van der Waals surface area contributed by atoms with Gasteiger partial charge < -0.3 is 9.52 Å². The molecule has 0 radical (unpaired) electrons. The van der Waals surface area contributed by atoms with Gasteiger partial charge in [-0.3, -0.25) is 4.99 Å². The van der Waals surface area contributed by atoms with Gasteiger partial charge in [0.25, 0.3) is 0 Å². The lowest BCUT2D eigenvalue weighted by atomic mass is 10.1. The fraction of sp³-hybridized carbons (Fsp3) is 0.200. The molecular formula is C15H15NO3. The molecule has 1 aromatic heterocycles. The zero-order chi connectivity index (χ0) is 14.0. The zero-order valence-corrected chi connectivity index (χ0v) is 11.1. The number of nitrogens with zero attached hydrogens (tertiary/aromatic N) is 1. The van der Waals surface area contributed by atoms with E-state index in [1.807, 2.05) is 31.2 Å². The molecule has 0 spiro atoms. The maximum Gasteiger partial charge on any atom is 0.348 e. The van der Waals surface area contributed by atoms with Crippen molar-refractivity contribution in [3.63, 3.8) is 0 Å². The molecule has 0 bridgehead atoms. The molecule has 4 nitrogen and oxygen atoms in total. The highest BCUT2D eigenvalue weighted by molar-refractivity contribution is 6.02. The third-order valence-corrected chi connectivity index (χ3v) is 2.82. The zero-order valence-electron chi connectivity index (χ0n) is 11.1. The summed E-state index contributed by atoms with van der Waals surface area (Å²) in [6.45, 7) is 5.22. The molecule has 1 heterocycles. The molecule has 0 saturated carbocycles. The molecule has 19 heavy (non-hydrogen) atoms. The van der Waals surface area contributed by atoms with Gasteiger partial charge in [-0.2, -0.15) is 0 Å². The molecule has 0 amide bonds. The minimum atomic E-state index is -0.577. The first-order valence-corrected chi connectivity index (χ1v) is 5.94. The highest BCUT2D eigenvalue weighted by atomic mass is 16.4. The van der Waals surface area contributed by atoms with Crippen molar-refractivity contribution < 1.29 is 9.52 Å². The van der Waals surface area contributed by atoms with Crippen molar-refractivity contribution in [2.75, 3.05) is 0 Å². The smallest absolute Gasteiger partial charge is 0.348 e. The maximum atomic E-state index is 11.8. The maximum absolute atomic E-state index is 11.8. The van der Waals surface area contributed by atoms with Crippen LogP contribution in [0.5, 0.6) is 5.75 Å². The van der Waals surface area contributed by atoms with Gasteiger partial charge >= 0.3 is 5.63 Å². The summed E-state index contributed by atoms with van der Waals surface area (Å²) in [5, 5.41) is 9.85. The Bertz CT molecular complexity index is 699. The Morgan fingerprint density at radius 3 is 2.58 bits per heavy atom. The average Bonchev–Trinajstić information content (AvgIpc) is 2.30. The predicted octanol–water partition coefficient (Wildman–Crippen LogP) is 3.10. The first-order chi connectivity index (χ1) is 8.99. The number of aryl methyl sites for hydroxylation is 2. The third-order valence-electron chi connectivity index (χ3n) is 2.82. The highest BCUT2D eigenvalue weighted by Crippen LogP contribution is 2.21. The molecule has 0 aliphatic carbocycles. The minimum Gasteiger partial charge on any atom is -0.507 e. The predicted molar refractivity (Wildman–Crippen MR) is 74.4 cm³/mol. The Hall–Kier alpha value is -2.36. The van der Waals surface area contributed by atoms with E-state index in [4.69, 9.17) is 4.42 Å². The lowest BCUT2D eigenvalue weighted by Crippen LogP contribution is -2.12. The van der Waals surface area contributed by atoms with Gasteiger partial charge in [0.15, 0.2) is 0 Å². The summed E-state index contributed by atoms with van der Waals surface area (Å²) < 4.78 is 4.98. The molecule has 0 saturated heterocycles. The van der Waals surface area contributed by atoms with E-state index >= 15 is 0 Å². The first kappa shape index (κ1) is 13.1. The number of aromatic hydroxyl groups is 1. The summed E-state index contributed by atoms with van der Waals surface area (Å²) in [5.41, 5.74) is 1.72. The lowest BCUT2D eigenvalue weighted by molar-refractivity contribution is 0.432. The molecule has 0 aliphatic rings. The lowest BCUT2D eigenvalue weighted by Gasteiger charge is -2.05. The molecule has 1 N–H and O–H groups in total.